The van der Waals surface area contributed by atoms with Gasteiger partial charge >= 0.3 is 5.97 Å². The fourth-order valence-electron chi connectivity index (χ4n) is 5.91. The highest BCUT2D eigenvalue weighted by Gasteiger charge is 2.51. The minimum Gasteiger partial charge on any atom is -0.466 e. The lowest BCUT2D eigenvalue weighted by molar-refractivity contribution is -0.142. The summed E-state index contributed by atoms with van der Waals surface area (Å²) < 4.78 is 5.22. The van der Waals surface area contributed by atoms with Crippen molar-refractivity contribution >= 4 is 17.5 Å². The molecule has 3 aliphatic rings. The Balaban J connectivity index is 1.48. The van der Waals surface area contributed by atoms with Crippen LogP contribution in [-0.4, -0.2) is 24.1 Å². The molecule has 1 aromatic carbocycles. The van der Waals surface area contributed by atoms with Gasteiger partial charge in [0.15, 0.2) is 5.78 Å². The van der Waals surface area contributed by atoms with Crippen LogP contribution in [0.3, 0.4) is 0 Å². The van der Waals surface area contributed by atoms with E-state index in [1.807, 2.05) is 37.3 Å². The Morgan fingerprint density at radius 3 is 2.76 bits per heavy atom. The van der Waals surface area contributed by atoms with Gasteiger partial charge in [0, 0.05) is 23.0 Å². The van der Waals surface area contributed by atoms with Crippen molar-refractivity contribution in [2.45, 2.75) is 77.6 Å². The first kappa shape index (κ1) is 24.2. The van der Waals surface area contributed by atoms with Crippen molar-refractivity contribution in [3.8, 4) is 11.8 Å². The van der Waals surface area contributed by atoms with Gasteiger partial charge in [-0.25, -0.2) is 0 Å². The van der Waals surface area contributed by atoms with Crippen LogP contribution in [0, 0.1) is 23.2 Å². The second kappa shape index (κ2) is 11.0. The molecule has 1 spiro atoms. The van der Waals surface area contributed by atoms with E-state index in [2.05, 4.69) is 17.9 Å². The van der Waals surface area contributed by atoms with Gasteiger partial charge in [0.25, 0.3) is 0 Å². The van der Waals surface area contributed by atoms with E-state index in [1.54, 1.807) is 0 Å². The molecule has 0 saturated heterocycles. The molecule has 0 amide bonds. The van der Waals surface area contributed by atoms with Crippen molar-refractivity contribution in [1.29, 1.82) is 0 Å². The minimum absolute atomic E-state index is 0.0669. The summed E-state index contributed by atoms with van der Waals surface area (Å²) in [4.78, 5) is 38.8. The molecule has 0 radical (unpaired) electrons. The maximum atomic E-state index is 13.9. The zero-order valence-corrected chi connectivity index (χ0v) is 20.2. The third-order valence-electron chi connectivity index (χ3n) is 7.44. The second-order valence-electron chi connectivity index (χ2n) is 9.93. The SMILES string of the molecule is CCOC(=O)CC1=C(C2=CCCCCC2)C(=O)C2(CCC(CC(=O)C#Cc3ccccc3)C2)C1. The molecule has 4 heteroatoms. The monoisotopic (exact) mass is 458 g/mol. The van der Waals surface area contributed by atoms with Crippen molar-refractivity contribution < 1.29 is 19.1 Å². The Kier molecular flexibility index (Phi) is 7.83. The maximum Gasteiger partial charge on any atom is 0.309 e. The molecule has 178 valence electrons. The van der Waals surface area contributed by atoms with Crippen molar-refractivity contribution in [2.24, 2.45) is 11.3 Å². The van der Waals surface area contributed by atoms with Crippen LogP contribution in [-0.2, 0) is 19.1 Å². The highest BCUT2D eigenvalue weighted by Crippen LogP contribution is 2.55. The second-order valence-corrected chi connectivity index (χ2v) is 9.93. The molecule has 1 saturated carbocycles. The molecule has 2 unspecified atom stereocenters. The number of allylic oxidation sites excluding steroid dienone is 3. The molecule has 4 rings (SSSR count). The van der Waals surface area contributed by atoms with E-state index in [1.165, 1.54) is 6.42 Å². The number of ketones is 2. The third-order valence-corrected chi connectivity index (χ3v) is 7.44. The average molecular weight is 459 g/mol. The summed E-state index contributed by atoms with van der Waals surface area (Å²) in [5.74, 6) is 5.77. The number of Topliss-reactive ketones (excluding diaryl/α,β-unsaturated/α-hetero) is 2. The highest BCUT2D eigenvalue weighted by atomic mass is 16.5. The van der Waals surface area contributed by atoms with Crippen molar-refractivity contribution in [3.05, 3.63) is 58.7 Å². The molecule has 1 aromatic rings. The lowest BCUT2D eigenvalue weighted by Crippen LogP contribution is -2.25. The molecule has 2 atom stereocenters. The van der Waals surface area contributed by atoms with Gasteiger partial charge < -0.3 is 4.74 Å². The first-order valence-corrected chi connectivity index (χ1v) is 12.7. The summed E-state index contributed by atoms with van der Waals surface area (Å²) in [6, 6.07) is 9.52. The van der Waals surface area contributed by atoms with E-state index in [4.69, 9.17) is 4.74 Å². The number of carbonyl (C=O) groups is 3. The van der Waals surface area contributed by atoms with Crippen LogP contribution in [0.5, 0.6) is 0 Å². The van der Waals surface area contributed by atoms with Crippen LogP contribution in [0.4, 0.5) is 0 Å². The maximum absolute atomic E-state index is 13.9. The Hall–Kier alpha value is -2.93. The van der Waals surface area contributed by atoms with Gasteiger partial charge in [0.2, 0.25) is 5.78 Å². The number of ether oxygens (including phenoxy) is 1. The van der Waals surface area contributed by atoms with Gasteiger partial charge in [0.1, 0.15) is 0 Å². The predicted octanol–water partition coefficient (Wildman–Crippen LogP) is 5.90. The van der Waals surface area contributed by atoms with Gasteiger partial charge in [-0.3, -0.25) is 14.4 Å². The van der Waals surface area contributed by atoms with Crippen LogP contribution in [0.1, 0.15) is 83.1 Å². The largest absolute Gasteiger partial charge is 0.466 e. The van der Waals surface area contributed by atoms with Crippen LogP contribution < -0.4 is 0 Å². The van der Waals surface area contributed by atoms with E-state index in [0.717, 1.165) is 60.8 Å². The number of esters is 1. The number of carbonyl (C=O) groups excluding carboxylic acids is 3. The van der Waals surface area contributed by atoms with Gasteiger partial charge in [-0.1, -0.05) is 36.6 Å². The predicted molar refractivity (Wildman–Crippen MR) is 132 cm³/mol. The Bertz CT molecular complexity index is 1070. The Morgan fingerprint density at radius 2 is 1.97 bits per heavy atom. The lowest BCUT2D eigenvalue weighted by Gasteiger charge is -2.23. The molecule has 0 bridgehead atoms. The number of hydrogen-bond acceptors (Lipinski definition) is 4. The first-order chi connectivity index (χ1) is 16.5. The Morgan fingerprint density at radius 1 is 1.15 bits per heavy atom. The van der Waals surface area contributed by atoms with Gasteiger partial charge in [-0.2, -0.15) is 0 Å². The van der Waals surface area contributed by atoms with Crippen LogP contribution >= 0.6 is 0 Å². The van der Waals surface area contributed by atoms with E-state index in [0.29, 0.717) is 25.9 Å². The van der Waals surface area contributed by atoms with E-state index < -0.39 is 5.41 Å². The standard InChI is InChI=1S/C30H34O4/c1-2-34-27(32)19-25-21-30(29(33)28(25)24-12-8-3-4-9-13-24)17-16-23(20-30)18-26(31)15-14-22-10-6-5-7-11-22/h5-7,10-12,23H,2-4,8-9,13,16-21H2,1H3. The smallest absolute Gasteiger partial charge is 0.309 e. The fourth-order valence-corrected chi connectivity index (χ4v) is 5.91. The van der Waals surface area contributed by atoms with E-state index >= 15 is 0 Å². The lowest BCUT2D eigenvalue weighted by atomic mass is 9.79. The van der Waals surface area contributed by atoms with Crippen molar-refractivity contribution in [3.63, 3.8) is 0 Å². The number of hydrogen-bond donors (Lipinski definition) is 0. The van der Waals surface area contributed by atoms with Crippen LogP contribution in [0.15, 0.2) is 53.1 Å². The molecule has 4 nitrogen and oxygen atoms in total. The van der Waals surface area contributed by atoms with E-state index in [-0.39, 0.29) is 29.9 Å². The molecule has 0 heterocycles. The van der Waals surface area contributed by atoms with Crippen molar-refractivity contribution in [2.75, 3.05) is 6.61 Å². The van der Waals surface area contributed by atoms with Crippen molar-refractivity contribution in [1.82, 2.24) is 0 Å². The molecule has 0 N–H and O–H groups in total. The topological polar surface area (TPSA) is 60.4 Å². The molecular formula is C30H34O4. The fraction of sp³-hybridized carbons (Fsp3) is 0.500. The number of rotatable bonds is 6. The minimum atomic E-state index is -0.470. The molecule has 0 aromatic heterocycles. The summed E-state index contributed by atoms with van der Waals surface area (Å²) in [7, 11) is 0. The van der Waals surface area contributed by atoms with Crippen LogP contribution in [0.25, 0.3) is 0 Å². The highest BCUT2D eigenvalue weighted by molar-refractivity contribution is 6.08. The summed E-state index contributed by atoms with van der Waals surface area (Å²) in [6.07, 6.45) is 11.1. The van der Waals surface area contributed by atoms with Crippen LogP contribution in [0.2, 0.25) is 0 Å². The Labute approximate surface area is 202 Å². The average Bonchev–Trinajstić information content (AvgIpc) is 3.20. The molecule has 34 heavy (non-hydrogen) atoms. The molecular weight excluding hydrogens is 424 g/mol. The zero-order valence-electron chi connectivity index (χ0n) is 20.2. The van der Waals surface area contributed by atoms with Gasteiger partial charge in [-0.05, 0) is 93.4 Å². The van der Waals surface area contributed by atoms with E-state index in [9.17, 15) is 14.4 Å². The molecule has 1 fully saturated rings. The zero-order chi connectivity index (χ0) is 24.0. The number of benzene rings is 1. The quantitative estimate of drug-likeness (QED) is 0.393. The summed E-state index contributed by atoms with van der Waals surface area (Å²) in [5.41, 5.74) is 3.26. The third kappa shape index (κ3) is 5.58. The van der Waals surface area contributed by atoms with Gasteiger partial charge in [-0.15, -0.1) is 0 Å². The van der Waals surface area contributed by atoms with Gasteiger partial charge in [0.05, 0.1) is 13.0 Å². The summed E-state index contributed by atoms with van der Waals surface area (Å²) >= 11 is 0. The molecule has 0 aliphatic heterocycles. The first-order valence-electron chi connectivity index (χ1n) is 12.7. The molecule has 3 aliphatic carbocycles. The normalized spacial score (nSPS) is 24.4. The summed E-state index contributed by atoms with van der Waals surface area (Å²) in [5, 5.41) is 0. The summed E-state index contributed by atoms with van der Waals surface area (Å²) in [6.45, 7) is 2.15.